The van der Waals surface area contributed by atoms with E-state index >= 15 is 0 Å². The molecule has 0 aliphatic carbocycles. The molecule has 0 amide bonds. The molecular formula is C10H13NO. The average molecular weight is 163 g/mol. The second kappa shape index (κ2) is 2.79. The summed E-state index contributed by atoms with van der Waals surface area (Å²) < 4.78 is 5.43. The Balaban J connectivity index is 2.41. The van der Waals surface area contributed by atoms with E-state index in [-0.39, 0.29) is 6.04 Å². The number of benzene rings is 1. The molecule has 0 fully saturated rings. The molecule has 1 aromatic rings. The van der Waals surface area contributed by atoms with E-state index in [0.29, 0.717) is 6.61 Å². The number of nitrogens with two attached hydrogens (primary N) is 1. The van der Waals surface area contributed by atoms with Gasteiger partial charge in [-0.3, -0.25) is 0 Å². The molecule has 0 bridgehead atoms. The summed E-state index contributed by atoms with van der Waals surface area (Å²) in [7, 11) is 0. The minimum atomic E-state index is 0.0749. The quantitative estimate of drug-likeness (QED) is 0.683. The fourth-order valence-corrected chi connectivity index (χ4v) is 1.50. The van der Waals surface area contributed by atoms with E-state index in [4.69, 9.17) is 10.5 Å². The first kappa shape index (κ1) is 7.62. The van der Waals surface area contributed by atoms with Gasteiger partial charge in [-0.15, -0.1) is 0 Å². The van der Waals surface area contributed by atoms with Gasteiger partial charge >= 0.3 is 0 Å². The Bertz CT molecular complexity index is 296. The highest BCUT2D eigenvalue weighted by Gasteiger charge is 2.19. The molecule has 0 spiro atoms. The van der Waals surface area contributed by atoms with E-state index in [0.717, 1.165) is 17.7 Å². The maximum absolute atomic E-state index is 5.81. The topological polar surface area (TPSA) is 35.2 Å². The second-order valence-electron chi connectivity index (χ2n) is 3.14. The molecule has 64 valence electrons. The van der Waals surface area contributed by atoms with Gasteiger partial charge in [0, 0.05) is 5.56 Å². The van der Waals surface area contributed by atoms with Crippen molar-refractivity contribution in [3.05, 3.63) is 29.3 Å². The summed E-state index contributed by atoms with van der Waals surface area (Å²) in [5.74, 6) is 0.974. The van der Waals surface area contributed by atoms with Crippen molar-refractivity contribution in [2.75, 3.05) is 6.61 Å². The van der Waals surface area contributed by atoms with Crippen molar-refractivity contribution in [1.82, 2.24) is 0 Å². The van der Waals surface area contributed by atoms with Crippen molar-refractivity contribution in [2.45, 2.75) is 19.4 Å². The third kappa shape index (κ3) is 1.08. The van der Waals surface area contributed by atoms with Crippen LogP contribution in [0.25, 0.3) is 0 Å². The Hall–Kier alpha value is -1.02. The highest BCUT2D eigenvalue weighted by Crippen LogP contribution is 2.31. The molecule has 0 radical (unpaired) electrons. The van der Waals surface area contributed by atoms with Crippen molar-refractivity contribution in [1.29, 1.82) is 0 Å². The molecule has 0 saturated carbocycles. The van der Waals surface area contributed by atoms with Crippen LogP contribution >= 0.6 is 0 Å². The summed E-state index contributed by atoms with van der Waals surface area (Å²) in [6.07, 6.45) is 1.05. The van der Waals surface area contributed by atoms with E-state index in [1.54, 1.807) is 0 Å². The van der Waals surface area contributed by atoms with Crippen molar-refractivity contribution in [2.24, 2.45) is 5.73 Å². The molecule has 2 heteroatoms. The third-order valence-corrected chi connectivity index (χ3v) is 2.30. The van der Waals surface area contributed by atoms with Gasteiger partial charge in [0.25, 0.3) is 0 Å². The number of ether oxygens (including phenoxy) is 1. The van der Waals surface area contributed by atoms with Crippen LogP contribution in [-0.2, 0) is 6.42 Å². The highest BCUT2D eigenvalue weighted by atomic mass is 16.5. The molecule has 12 heavy (non-hydrogen) atoms. The summed E-state index contributed by atoms with van der Waals surface area (Å²) in [6, 6.07) is 6.35. The number of fused-ring (bicyclic) bond motifs is 1. The van der Waals surface area contributed by atoms with E-state index in [1.165, 1.54) is 5.56 Å². The van der Waals surface area contributed by atoms with E-state index in [1.807, 2.05) is 0 Å². The Morgan fingerprint density at radius 3 is 3.17 bits per heavy atom. The Morgan fingerprint density at radius 2 is 2.42 bits per heavy atom. The average Bonchev–Trinajstić information content (AvgIpc) is 2.47. The zero-order valence-corrected chi connectivity index (χ0v) is 7.21. The molecule has 1 aliphatic rings. The van der Waals surface area contributed by atoms with Gasteiger partial charge in [0.2, 0.25) is 0 Å². The highest BCUT2D eigenvalue weighted by molar-refractivity contribution is 5.42. The summed E-state index contributed by atoms with van der Waals surface area (Å²) >= 11 is 0. The fourth-order valence-electron chi connectivity index (χ4n) is 1.50. The van der Waals surface area contributed by atoms with E-state index in [9.17, 15) is 0 Å². The Kier molecular flexibility index (Phi) is 1.77. The van der Waals surface area contributed by atoms with E-state index in [2.05, 4.69) is 25.1 Å². The predicted octanol–water partition coefficient (Wildman–Crippen LogP) is 1.64. The van der Waals surface area contributed by atoms with Crippen LogP contribution in [0.15, 0.2) is 18.2 Å². The van der Waals surface area contributed by atoms with Crippen LogP contribution in [0.5, 0.6) is 5.75 Å². The smallest absolute Gasteiger partial charge is 0.124 e. The summed E-state index contributed by atoms with van der Waals surface area (Å²) in [4.78, 5) is 0. The number of hydrogen-bond acceptors (Lipinski definition) is 2. The van der Waals surface area contributed by atoms with Crippen molar-refractivity contribution in [3.63, 3.8) is 0 Å². The van der Waals surface area contributed by atoms with Gasteiger partial charge in [0.1, 0.15) is 12.4 Å². The normalized spacial score (nSPS) is 20.3. The first-order valence-corrected chi connectivity index (χ1v) is 4.32. The number of aryl methyl sites for hydroxylation is 1. The Labute approximate surface area is 72.3 Å². The lowest BCUT2D eigenvalue weighted by molar-refractivity contribution is 0.333. The van der Waals surface area contributed by atoms with E-state index < -0.39 is 0 Å². The zero-order chi connectivity index (χ0) is 8.55. The van der Waals surface area contributed by atoms with Crippen molar-refractivity contribution < 1.29 is 4.74 Å². The summed E-state index contributed by atoms with van der Waals surface area (Å²) in [5.41, 5.74) is 8.27. The molecular weight excluding hydrogens is 150 g/mol. The molecule has 1 aliphatic heterocycles. The van der Waals surface area contributed by atoms with Gasteiger partial charge in [0.05, 0.1) is 6.04 Å². The van der Waals surface area contributed by atoms with Crippen LogP contribution in [0.1, 0.15) is 24.1 Å². The summed E-state index contributed by atoms with van der Waals surface area (Å²) in [5, 5.41) is 0. The van der Waals surface area contributed by atoms with Crippen LogP contribution in [0.2, 0.25) is 0 Å². The maximum atomic E-state index is 5.81. The molecule has 2 N–H and O–H groups in total. The third-order valence-electron chi connectivity index (χ3n) is 2.30. The van der Waals surface area contributed by atoms with Crippen LogP contribution < -0.4 is 10.5 Å². The van der Waals surface area contributed by atoms with Crippen molar-refractivity contribution in [3.8, 4) is 5.75 Å². The molecule has 2 rings (SSSR count). The molecule has 0 aromatic heterocycles. The first-order chi connectivity index (χ1) is 5.81. The number of hydrogen-bond donors (Lipinski definition) is 1. The standard InChI is InChI=1S/C10H13NO/c1-2-7-3-4-8-9(11)6-12-10(8)5-7/h3-5,9H,2,6,11H2,1H3/t9-/m1/s1. The van der Waals surface area contributed by atoms with Crippen LogP contribution in [-0.4, -0.2) is 6.61 Å². The second-order valence-corrected chi connectivity index (χ2v) is 3.14. The summed E-state index contributed by atoms with van der Waals surface area (Å²) in [6.45, 7) is 2.76. The van der Waals surface area contributed by atoms with Crippen LogP contribution in [0, 0.1) is 0 Å². The monoisotopic (exact) mass is 163 g/mol. The molecule has 0 saturated heterocycles. The molecule has 1 heterocycles. The maximum Gasteiger partial charge on any atom is 0.124 e. The minimum absolute atomic E-state index is 0.0749. The van der Waals surface area contributed by atoms with Gasteiger partial charge in [-0.1, -0.05) is 19.1 Å². The fraction of sp³-hybridized carbons (Fsp3) is 0.400. The predicted molar refractivity (Wildman–Crippen MR) is 48.2 cm³/mol. The first-order valence-electron chi connectivity index (χ1n) is 4.32. The molecule has 0 unspecified atom stereocenters. The van der Waals surface area contributed by atoms with Gasteiger partial charge in [-0.25, -0.2) is 0 Å². The lowest BCUT2D eigenvalue weighted by atomic mass is 10.1. The van der Waals surface area contributed by atoms with Crippen LogP contribution in [0.4, 0.5) is 0 Å². The van der Waals surface area contributed by atoms with Gasteiger partial charge in [-0.05, 0) is 18.1 Å². The largest absolute Gasteiger partial charge is 0.491 e. The van der Waals surface area contributed by atoms with Crippen molar-refractivity contribution >= 4 is 0 Å². The SMILES string of the molecule is CCc1ccc2c(c1)OC[C@H]2N. The molecule has 1 aromatic carbocycles. The lowest BCUT2D eigenvalue weighted by Crippen LogP contribution is -2.10. The van der Waals surface area contributed by atoms with Gasteiger partial charge in [0.15, 0.2) is 0 Å². The molecule has 1 atom stereocenters. The Morgan fingerprint density at radius 1 is 1.58 bits per heavy atom. The zero-order valence-electron chi connectivity index (χ0n) is 7.21. The van der Waals surface area contributed by atoms with Gasteiger partial charge in [-0.2, -0.15) is 0 Å². The minimum Gasteiger partial charge on any atom is -0.491 e. The van der Waals surface area contributed by atoms with Gasteiger partial charge < -0.3 is 10.5 Å². The molecule has 2 nitrogen and oxygen atoms in total. The van der Waals surface area contributed by atoms with Crippen LogP contribution in [0.3, 0.4) is 0 Å². The lowest BCUT2D eigenvalue weighted by Gasteiger charge is -2.01. The number of rotatable bonds is 1.